The van der Waals surface area contributed by atoms with Crippen molar-refractivity contribution in [1.29, 1.82) is 0 Å². The number of methoxy groups -OCH3 is 1. The normalized spacial score (nSPS) is 14.6. The maximum absolute atomic E-state index is 12.9. The van der Waals surface area contributed by atoms with Crippen LogP contribution in [0, 0.1) is 0 Å². The number of nitrogens with one attached hydrogen (secondary N) is 1. The van der Waals surface area contributed by atoms with Gasteiger partial charge in [0.2, 0.25) is 0 Å². The quantitative estimate of drug-likeness (QED) is 0.248. The summed E-state index contributed by atoms with van der Waals surface area (Å²) in [5.41, 5.74) is 3.63. The third-order valence-corrected chi connectivity index (χ3v) is 6.37. The first-order valence-corrected chi connectivity index (χ1v) is 12.2. The summed E-state index contributed by atoms with van der Waals surface area (Å²) in [5, 5.41) is 1.50. The molecule has 2 aromatic rings. The Morgan fingerprint density at radius 1 is 1.18 bits per heavy atom. The molecule has 1 aliphatic heterocycles. The van der Waals surface area contributed by atoms with Crippen LogP contribution in [-0.4, -0.2) is 34.9 Å². The smallest absolute Gasteiger partial charge is 0.285 e. The van der Waals surface area contributed by atoms with Gasteiger partial charge in [0.25, 0.3) is 11.8 Å². The number of thioether (sulfide) groups is 1. The lowest BCUT2D eigenvalue weighted by Gasteiger charge is -2.15. The second kappa shape index (κ2) is 12.1. The van der Waals surface area contributed by atoms with Gasteiger partial charge in [-0.15, -0.1) is 0 Å². The summed E-state index contributed by atoms with van der Waals surface area (Å²) < 4.78 is 11.5. The number of halogens is 1. The van der Waals surface area contributed by atoms with E-state index in [-0.39, 0.29) is 4.32 Å². The lowest BCUT2D eigenvalue weighted by molar-refractivity contribution is -0.123. The topological polar surface area (TPSA) is 67.9 Å². The van der Waals surface area contributed by atoms with Crippen molar-refractivity contribution in [3.05, 3.63) is 63.5 Å². The highest BCUT2D eigenvalue weighted by Crippen LogP contribution is 2.34. The Kier molecular flexibility index (Phi) is 9.17. The summed E-state index contributed by atoms with van der Waals surface area (Å²) in [5.74, 6) is 0.365. The molecule has 0 spiro atoms. The molecule has 0 bridgehead atoms. The van der Waals surface area contributed by atoms with Crippen LogP contribution in [-0.2, 0) is 4.79 Å². The van der Waals surface area contributed by atoms with Crippen molar-refractivity contribution in [2.24, 2.45) is 0 Å². The molecule has 0 saturated carbocycles. The monoisotopic (exact) mass is 504 g/mol. The van der Waals surface area contributed by atoms with Crippen LogP contribution in [0.4, 0.5) is 0 Å². The number of carbonyl (C=O) groups is 2. The van der Waals surface area contributed by atoms with Gasteiger partial charge in [0, 0.05) is 10.6 Å². The number of ether oxygens (including phenoxy) is 2. The number of benzene rings is 2. The third-order valence-electron chi connectivity index (χ3n) is 4.83. The zero-order valence-corrected chi connectivity index (χ0v) is 20.8. The molecule has 174 valence electrons. The van der Waals surface area contributed by atoms with Gasteiger partial charge in [0.1, 0.15) is 0 Å². The van der Waals surface area contributed by atoms with Gasteiger partial charge in [-0.1, -0.05) is 61.7 Å². The van der Waals surface area contributed by atoms with Gasteiger partial charge in [-0.05, 0) is 60.6 Å². The predicted molar refractivity (Wildman–Crippen MR) is 137 cm³/mol. The minimum Gasteiger partial charge on any atom is -0.493 e. The molecule has 6 nitrogen and oxygen atoms in total. The molecule has 1 saturated heterocycles. The van der Waals surface area contributed by atoms with Crippen LogP contribution in [0.15, 0.2) is 47.4 Å². The molecule has 33 heavy (non-hydrogen) atoms. The Morgan fingerprint density at radius 2 is 2.00 bits per heavy atom. The first-order valence-electron chi connectivity index (χ1n) is 10.6. The standard InChI is InChI=1S/C24H25ClN2O4S2/c1-3-4-5-6-12-31-19-11-10-16(13-20(19)30-2)14-21-23(29)27(24(32)33-21)26-22(28)17-8-7-9-18(25)15-17/h7-11,13-15H,3-6,12H2,1-2H3,(H,26,28)/b21-14-. The SMILES string of the molecule is CCCCCCOc1ccc(/C=C2\SC(=S)N(NC(=O)c3cccc(Cl)c3)C2=O)cc1OC. The summed E-state index contributed by atoms with van der Waals surface area (Å²) in [7, 11) is 1.58. The minimum atomic E-state index is -0.475. The van der Waals surface area contributed by atoms with E-state index in [0.29, 0.717) is 33.6 Å². The van der Waals surface area contributed by atoms with E-state index in [1.807, 2.05) is 12.1 Å². The highest BCUT2D eigenvalue weighted by Gasteiger charge is 2.33. The van der Waals surface area contributed by atoms with E-state index in [1.165, 1.54) is 18.9 Å². The lowest BCUT2D eigenvalue weighted by atomic mass is 10.2. The molecule has 2 amide bonds. The van der Waals surface area contributed by atoms with E-state index in [1.54, 1.807) is 37.5 Å². The fraction of sp³-hybridized carbons (Fsp3) is 0.292. The van der Waals surface area contributed by atoms with Crippen LogP contribution >= 0.6 is 35.6 Å². The number of amides is 2. The summed E-state index contributed by atoms with van der Waals surface area (Å²) in [6.07, 6.45) is 6.19. The van der Waals surface area contributed by atoms with Crippen LogP contribution in [0.1, 0.15) is 48.5 Å². The maximum atomic E-state index is 12.9. The van der Waals surface area contributed by atoms with E-state index in [9.17, 15) is 9.59 Å². The Balaban J connectivity index is 1.68. The van der Waals surface area contributed by atoms with Crippen molar-refractivity contribution in [2.75, 3.05) is 13.7 Å². The van der Waals surface area contributed by atoms with Crippen molar-refractivity contribution in [3.8, 4) is 11.5 Å². The van der Waals surface area contributed by atoms with Gasteiger partial charge in [-0.3, -0.25) is 15.0 Å². The molecule has 0 atom stereocenters. The first-order chi connectivity index (χ1) is 15.9. The first kappa shape index (κ1) is 25.1. The molecule has 0 unspecified atom stereocenters. The predicted octanol–water partition coefficient (Wildman–Crippen LogP) is 5.85. The number of hydrazine groups is 1. The van der Waals surface area contributed by atoms with Crippen LogP contribution in [0.25, 0.3) is 6.08 Å². The number of nitrogens with zero attached hydrogens (tertiary/aromatic N) is 1. The molecule has 0 radical (unpaired) electrons. The van der Waals surface area contributed by atoms with Gasteiger partial charge < -0.3 is 9.47 Å². The van der Waals surface area contributed by atoms with Gasteiger partial charge in [-0.25, -0.2) is 0 Å². The van der Waals surface area contributed by atoms with Crippen molar-refractivity contribution in [3.63, 3.8) is 0 Å². The van der Waals surface area contributed by atoms with Gasteiger partial charge in [0.15, 0.2) is 15.8 Å². The average molecular weight is 505 g/mol. The summed E-state index contributed by atoms with van der Waals surface area (Å²) in [6, 6.07) is 11.9. The van der Waals surface area contributed by atoms with Gasteiger partial charge in [0.05, 0.1) is 18.6 Å². The minimum absolute atomic E-state index is 0.237. The molecular weight excluding hydrogens is 480 g/mol. The fourth-order valence-electron chi connectivity index (χ4n) is 3.12. The highest BCUT2D eigenvalue weighted by atomic mass is 35.5. The number of rotatable bonds is 10. The Hall–Kier alpha value is -2.55. The average Bonchev–Trinajstić information content (AvgIpc) is 3.06. The third kappa shape index (κ3) is 6.72. The van der Waals surface area contributed by atoms with E-state index in [2.05, 4.69) is 12.3 Å². The molecule has 1 N–H and O–H groups in total. The zero-order valence-electron chi connectivity index (χ0n) is 18.4. The van der Waals surface area contributed by atoms with Gasteiger partial charge >= 0.3 is 0 Å². The van der Waals surface area contributed by atoms with Crippen molar-refractivity contribution >= 4 is 57.8 Å². The number of hydrogen-bond donors (Lipinski definition) is 1. The van der Waals surface area contributed by atoms with E-state index >= 15 is 0 Å². The number of carbonyl (C=O) groups excluding carboxylic acids is 2. The Morgan fingerprint density at radius 3 is 2.73 bits per heavy atom. The maximum Gasteiger partial charge on any atom is 0.285 e. The zero-order chi connectivity index (χ0) is 23.8. The molecular formula is C24H25ClN2O4S2. The van der Waals surface area contributed by atoms with Crippen LogP contribution in [0.2, 0.25) is 5.02 Å². The largest absolute Gasteiger partial charge is 0.493 e. The van der Waals surface area contributed by atoms with Crippen molar-refractivity contribution < 1.29 is 19.1 Å². The number of unbranched alkanes of at least 4 members (excludes halogenated alkanes) is 3. The van der Waals surface area contributed by atoms with E-state index < -0.39 is 11.8 Å². The van der Waals surface area contributed by atoms with Crippen LogP contribution < -0.4 is 14.9 Å². The molecule has 0 aromatic heterocycles. The number of thiocarbonyl (C=S) groups is 1. The number of hydrogen-bond acceptors (Lipinski definition) is 6. The molecule has 3 rings (SSSR count). The molecule has 2 aromatic carbocycles. The molecule has 0 aliphatic carbocycles. The van der Waals surface area contributed by atoms with Crippen LogP contribution in [0.5, 0.6) is 11.5 Å². The summed E-state index contributed by atoms with van der Waals surface area (Å²) in [6.45, 7) is 2.80. The summed E-state index contributed by atoms with van der Waals surface area (Å²) in [4.78, 5) is 25.7. The van der Waals surface area contributed by atoms with E-state index in [4.69, 9.17) is 33.3 Å². The van der Waals surface area contributed by atoms with Gasteiger partial charge in [-0.2, -0.15) is 5.01 Å². The highest BCUT2D eigenvalue weighted by molar-refractivity contribution is 8.26. The Labute approximate surface area is 208 Å². The second-order valence-corrected chi connectivity index (χ2v) is 9.40. The molecule has 1 fully saturated rings. The van der Waals surface area contributed by atoms with Crippen LogP contribution in [0.3, 0.4) is 0 Å². The fourth-order valence-corrected chi connectivity index (χ4v) is 4.49. The Bertz CT molecular complexity index is 1070. The van der Waals surface area contributed by atoms with E-state index in [0.717, 1.165) is 35.2 Å². The molecule has 9 heteroatoms. The van der Waals surface area contributed by atoms with Crippen molar-refractivity contribution in [2.45, 2.75) is 32.6 Å². The second-order valence-electron chi connectivity index (χ2n) is 7.29. The summed E-state index contributed by atoms with van der Waals surface area (Å²) >= 11 is 12.3. The van der Waals surface area contributed by atoms with Crippen molar-refractivity contribution in [1.82, 2.24) is 10.4 Å². The lowest BCUT2D eigenvalue weighted by Crippen LogP contribution is -2.44. The molecule has 1 aliphatic rings. The molecule has 1 heterocycles.